The van der Waals surface area contributed by atoms with Gasteiger partial charge < -0.3 is 5.11 Å². The second-order valence-electron chi connectivity index (χ2n) is 3.82. The van der Waals surface area contributed by atoms with Crippen molar-refractivity contribution in [1.82, 2.24) is 4.57 Å². The van der Waals surface area contributed by atoms with Crippen molar-refractivity contribution >= 4 is 16.8 Å². The Labute approximate surface area is 100 Å². The lowest BCUT2D eigenvalue weighted by molar-refractivity contribution is -0.0943. The number of alkyl halides is 3. The summed E-state index contributed by atoms with van der Waals surface area (Å²) >= 11 is 0. The first-order chi connectivity index (χ1) is 8.45. The molecule has 0 radical (unpaired) electrons. The molecule has 2 aromatic rings. The van der Waals surface area contributed by atoms with Gasteiger partial charge in [-0.15, -0.1) is 0 Å². The summed E-state index contributed by atoms with van der Waals surface area (Å²) in [4.78, 5) is 11.3. The van der Waals surface area contributed by atoms with Gasteiger partial charge in [-0.05, 0) is 18.1 Å². The number of aliphatic hydroxyl groups excluding tert-OH is 1. The number of hydrogen-bond donors (Lipinski definition) is 1. The van der Waals surface area contributed by atoms with Crippen molar-refractivity contribution in [1.29, 1.82) is 0 Å². The first-order valence-corrected chi connectivity index (χ1v) is 5.26. The van der Waals surface area contributed by atoms with Crippen LogP contribution in [0.5, 0.6) is 0 Å². The van der Waals surface area contributed by atoms with Crippen LogP contribution in [-0.2, 0) is 6.42 Å². The number of aliphatic hydroxyl groups is 1. The average Bonchev–Trinajstić information content (AvgIpc) is 2.67. The Kier molecular flexibility index (Phi) is 3.13. The van der Waals surface area contributed by atoms with Gasteiger partial charge in [0.1, 0.15) is 0 Å². The Hall–Kier alpha value is -1.82. The van der Waals surface area contributed by atoms with Crippen LogP contribution in [0, 0.1) is 0 Å². The van der Waals surface area contributed by atoms with Crippen molar-refractivity contribution in [3.05, 3.63) is 36.0 Å². The van der Waals surface area contributed by atoms with Gasteiger partial charge in [0.25, 0.3) is 0 Å². The molecule has 1 N–H and O–H groups in total. The standard InChI is InChI=1S/C12H10F3NO2/c13-12(14,15)11(18)16-7-8(5-6-17)9-3-1-2-4-10(9)16/h1-4,7,17H,5-6H2. The topological polar surface area (TPSA) is 42.2 Å². The lowest BCUT2D eigenvalue weighted by Crippen LogP contribution is -2.28. The molecule has 1 aromatic carbocycles. The van der Waals surface area contributed by atoms with Crippen LogP contribution in [0.25, 0.3) is 10.9 Å². The highest BCUT2D eigenvalue weighted by Crippen LogP contribution is 2.26. The van der Waals surface area contributed by atoms with Crippen LogP contribution in [0.1, 0.15) is 10.4 Å². The Morgan fingerprint density at radius 3 is 2.56 bits per heavy atom. The molecule has 0 saturated heterocycles. The number of nitrogens with zero attached hydrogens (tertiary/aromatic N) is 1. The largest absolute Gasteiger partial charge is 0.472 e. The fraction of sp³-hybridized carbons (Fsp3) is 0.250. The summed E-state index contributed by atoms with van der Waals surface area (Å²) in [6, 6.07) is 6.30. The maximum absolute atomic E-state index is 12.4. The molecule has 0 unspecified atom stereocenters. The number of carbonyl (C=O) groups is 1. The third kappa shape index (κ3) is 2.11. The van der Waals surface area contributed by atoms with E-state index in [1.54, 1.807) is 18.2 Å². The van der Waals surface area contributed by atoms with Crippen LogP contribution >= 0.6 is 0 Å². The molecule has 0 aliphatic heterocycles. The molecule has 1 heterocycles. The van der Waals surface area contributed by atoms with Crippen molar-refractivity contribution in [2.24, 2.45) is 0 Å². The van der Waals surface area contributed by atoms with Gasteiger partial charge in [-0.2, -0.15) is 13.2 Å². The summed E-state index contributed by atoms with van der Waals surface area (Å²) in [5.74, 6) is -1.93. The van der Waals surface area contributed by atoms with E-state index in [9.17, 15) is 18.0 Å². The van der Waals surface area contributed by atoms with Crippen LogP contribution in [-0.4, -0.2) is 28.4 Å². The predicted octanol–water partition coefficient (Wildman–Crippen LogP) is 2.38. The summed E-state index contributed by atoms with van der Waals surface area (Å²) in [5, 5.41) is 9.42. The molecule has 6 heteroatoms. The van der Waals surface area contributed by atoms with Crippen LogP contribution in [0.3, 0.4) is 0 Å². The molecule has 0 spiro atoms. The molecule has 1 aromatic heterocycles. The summed E-state index contributed by atoms with van der Waals surface area (Å²) in [5.41, 5.74) is 0.717. The minimum atomic E-state index is -4.92. The molecule has 0 atom stereocenters. The number of fused-ring (bicyclic) bond motifs is 1. The fourth-order valence-electron chi connectivity index (χ4n) is 1.87. The average molecular weight is 257 g/mol. The Bertz CT molecular complexity index is 587. The van der Waals surface area contributed by atoms with E-state index in [-0.39, 0.29) is 18.5 Å². The number of rotatable bonds is 2. The van der Waals surface area contributed by atoms with Gasteiger partial charge in [0.2, 0.25) is 0 Å². The van der Waals surface area contributed by atoms with Crippen LogP contribution in [0.2, 0.25) is 0 Å². The van der Waals surface area contributed by atoms with E-state index in [2.05, 4.69) is 0 Å². The second-order valence-corrected chi connectivity index (χ2v) is 3.82. The zero-order valence-electron chi connectivity index (χ0n) is 9.24. The maximum Gasteiger partial charge on any atom is 0.472 e. The van der Waals surface area contributed by atoms with Crippen molar-refractivity contribution in [2.45, 2.75) is 12.6 Å². The van der Waals surface area contributed by atoms with E-state index in [0.29, 0.717) is 15.5 Å². The van der Waals surface area contributed by atoms with Gasteiger partial charge in [0.15, 0.2) is 0 Å². The summed E-state index contributed by atoms with van der Waals surface area (Å²) in [6.07, 6.45) is -3.58. The van der Waals surface area contributed by atoms with Crippen molar-refractivity contribution in [3.63, 3.8) is 0 Å². The minimum absolute atomic E-state index is 0.186. The Morgan fingerprint density at radius 2 is 1.94 bits per heavy atom. The van der Waals surface area contributed by atoms with E-state index in [1.165, 1.54) is 6.07 Å². The zero-order chi connectivity index (χ0) is 13.3. The van der Waals surface area contributed by atoms with Gasteiger partial charge in [-0.1, -0.05) is 18.2 Å². The van der Waals surface area contributed by atoms with Crippen LogP contribution < -0.4 is 0 Å². The lowest BCUT2D eigenvalue weighted by Gasteiger charge is -2.06. The minimum Gasteiger partial charge on any atom is -0.396 e. The number of benzene rings is 1. The number of para-hydroxylation sites is 1. The lowest BCUT2D eigenvalue weighted by atomic mass is 10.1. The molecule has 3 nitrogen and oxygen atoms in total. The Balaban J connectivity index is 2.61. The summed E-state index contributed by atoms with van der Waals surface area (Å²) in [7, 11) is 0. The van der Waals surface area contributed by atoms with Crippen molar-refractivity contribution in [2.75, 3.05) is 6.61 Å². The number of carbonyl (C=O) groups excluding carboxylic acids is 1. The highest BCUT2D eigenvalue weighted by Gasteiger charge is 2.40. The molecule has 18 heavy (non-hydrogen) atoms. The van der Waals surface area contributed by atoms with Crippen LogP contribution in [0.15, 0.2) is 30.5 Å². The van der Waals surface area contributed by atoms with Gasteiger partial charge in [0, 0.05) is 18.2 Å². The number of halogens is 3. The first-order valence-electron chi connectivity index (χ1n) is 5.26. The molecular weight excluding hydrogens is 247 g/mol. The predicted molar refractivity (Wildman–Crippen MR) is 59.4 cm³/mol. The van der Waals surface area contributed by atoms with Crippen molar-refractivity contribution in [3.8, 4) is 0 Å². The van der Waals surface area contributed by atoms with Crippen LogP contribution in [0.4, 0.5) is 13.2 Å². The molecule has 0 saturated carbocycles. The third-order valence-electron chi connectivity index (χ3n) is 2.64. The molecule has 0 amide bonds. The quantitative estimate of drug-likeness (QED) is 0.897. The SMILES string of the molecule is O=C(n1cc(CCO)c2ccccc21)C(F)(F)F. The second kappa shape index (κ2) is 4.45. The molecular formula is C12H10F3NO2. The molecule has 0 bridgehead atoms. The zero-order valence-corrected chi connectivity index (χ0v) is 9.24. The summed E-state index contributed by atoms with van der Waals surface area (Å²) < 4.78 is 37.9. The van der Waals surface area contributed by atoms with E-state index >= 15 is 0 Å². The molecule has 96 valence electrons. The maximum atomic E-state index is 12.4. The smallest absolute Gasteiger partial charge is 0.396 e. The third-order valence-corrected chi connectivity index (χ3v) is 2.64. The number of hydrogen-bond acceptors (Lipinski definition) is 2. The van der Waals surface area contributed by atoms with E-state index in [4.69, 9.17) is 5.11 Å². The van der Waals surface area contributed by atoms with Gasteiger partial charge in [-0.3, -0.25) is 9.36 Å². The normalized spacial score (nSPS) is 12.0. The van der Waals surface area contributed by atoms with E-state index < -0.39 is 12.1 Å². The Morgan fingerprint density at radius 1 is 1.28 bits per heavy atom. The fourth-order valence-corrected chi connectivity index (χ4v) is 1.87. The highest BCUT2D eigenvalue weighted by molar-refractivity contribution is 5.96. The summed E-state index contributed by atoms with van der Waals surface area (Å²) in [6.45, 7) is -0.186. The van der Waals surface area contributed by atoms with E-state index in [0.717, 1.165) is 6.20 Å². The van der Waals surface area contributed by atoms with Crippen molar-refractivity contribution < 1.29 is 23.1 Å². The first kappa shape index (κ1) is 12.6. The number of aromatic nitrogens is 1. The molecule has 0 aliphatic carbocycles. The van der Waals surface area contributed by atoms with Gasteiger partial charge in [0.05, 0.1) is 5.52 Å². The monoisotopic (exact) mass is 257 g/mol. The van der Waals surface area contributed by atoms with Gasteiger partial charge in [-0.25, -0.2) is 0 Å². The molecule has 2 rings (SSSR count). The van der Waals surface area contributed by atoms with Gasteiger partial charge >= 0.3 is 12.1 Å². The molecule has 0 fully saturated rings. The van der Waals surface area contributed by atoms with E-state index in [1.807, 2.05) is 0 Å². The highest BCUT2D eigenvalue weighted by atomic mass is 19.4. The molecule has 0 aliphatic rings.